The van der Waals surface area contributed by atoms with E-state index in [4.69, 9.17) is 5.26 Å². The third-order valence-corrected chi connectivity index (χ3v) is 4.37. The number of anilines is 1. The molecule has 124 valence electrons. The van der Waals surface area contributed by atoms with Crippen LogP contribution in [0.1, 0.15) is 24.0 Å². The third kappa shape index (κ3) is 3.90. The molecule has 0 spiro atoms. The highest BCUT2D eigenvalue weighted by molar-refractivity contribution is 5.50. The predicted molar refractivity (Wildman–Crippen MR) is 89.4 cm³/mol. The van der Waals surface area contributed by atoms with E-state index in [-0.39, 0.29) is 17.3 Å². The number of nitrogens with zero attached hydrogens (tertiary/aromatic N) is 2. The van der Waals surface area contributed by atoms with E-state index in [0.29, 0.717) is 0 Å². The molecule has 0 saturated carbocycles. The van der Waals surface area contributed by atoms with Crippen molar-refractivity contribution in [3.05, 3.63) is 65.2 Å². The summed E-state index contributed by atoms with van der Waals surface area (Å²) in [7, 11) is 0. The maximum atomic E-state index is 13.9. The molecule has 1 fully saturated rings. The minimum Gasteiger partial charge on any atom is -0.380 e. The molecule has 3 nitrogen and oxygen atoms in total. The molecule has 2 aromatic carbocycles. The quantitative estimate of drug-likeness (QED) is 0.925. The van der Waals surface area contributed by atoms with Gasteiger partial charge in [-0.3, -0.25) is 4.90 Å². The van der Waals surface area contributed by atoms with Crippen molar-refractivity contribution in [3.63, 3.8) is 0 Å². The molecule has 1 saturated heterocycles. The molecule has 0 bridgehead atoms. The first-order valence-electron chi connectivity index (χ1n) is 8.07. The number of piperidine rings is 1. The Morgan fingerprint density at radius 3 is 2.46 bits per heavy atom. The van der Waals surface area contributed by atoms with Gasteiger partial charge < -0.3 is 5.32 Å². The highest BCUT2D eigenvalue weighted by Gasteiger charge is 2.20. The van der Waals surface area contributed by atoms with E-state index in [0.717, 1.165) is 44.6 Å². The lowest BCUT2D eigenvalue weighted by Crippen LogP contribution is -2.38. The van der Waals surface area contributed by atoms with E-state index < -0.39 is 11.6 Å². The number of likely N-dealkylation sites (tertiary alicyclic amines) is 1. The van der Waals surface area contributed by atoms with Gasteiger partial charge in [0.05, 0.1) is 11.3 Å². The fourth-order valence-electron chi connectivity index (χ4n) is 3.04. The van der Waals surface area contributed by atoms with Gasteiger partial charge in [0, 0.05) is 31.7 Å². The minimum atomic E-state index is -0.692. The van der Waals surface area contributed by atoms with Crippen LogP contribution < -0.4 is 5.32 Å². The number of nitriles is 1. The molecule has 0 unspecified atom stereocenters. The van der Waals surface area contributed by atoms with E-state index in [9.17, 15) is 8.78 Å². The zero-order valence-electron chi connectivity index (χ0n) is 13.3. The van der Waals surface area contributed by atoms with E-state index in [1.54, 1.807) is 6.07 Å². The summed E-state index contributed by atoms with van der Waals surface area (Å²) >= 11 is 0. The minimum absolute atomic E-state index is 0.110. The molecule has 0 aliphatic carbocycles. The van der Waals surface area contributed by atoms with Crippen LogP contribution in [0.5, 0.6) is 0 Å². The van der Waals surface area contributed by atoms with Crippen LogP contribution in [0.2, 0.25) is 0 Å². The second kappa shape index (κ2) is 7.41. The fourth-order valence-corrected chi connectivity index (χ4v) is 3.04. The number of hydrogen-bond donors (Lipinski definition) is 1. The van der Waals surface area contributed by atoms with Gasteiger partial charge in [-0.25, -0.2) is 8.78 Å². The van der Waals surface area contributed by atoms with Crippen LogP contribution in [-0.2, 0) is 6.54 Å². The van der Waals surface area contributed by atoms with E-state index in [1.165, 1.54) is 5.56 Å². The van der Waals surface area contributed by atoms with Gasteiger partial charge in [0.25, 0.3) is 0 Å². The molecule has 1 N–H and O–H groups in total. The Balaban J connectivity index is 1.56. The van der Waals surface area contributed by atoms with E-state index in [2.05, 4.69) is 22.3 Å². The lowest BCUT2D eigenvalue weighted by molar-refractivity contribution is 0.211. The van der Waals surface area contributed by atoms with Crippen molar-refractivity contribution in [2.24, 2.45) is 0 Å². The van der Waals surface area contributed by atoms with Crippen molar-refractivity contribution >= 4 is 5.69 Å². The topological polar surface area (TPSA) is 39.1 Å². The van der Waals surface area contributed by atoms with Gasteiger partial charge in [0.2, 0.25) is 0 Å². The maximum absolute atomic E-state index is 13.9. The molecule has 1 aliphatic heterocycles. The number of halogens is 2. The van der Waals surface area contributed by atoms with Crippen molar-refractivity contribution in [3.8, 4) is 6.07 Å². The summed E-state index contributed by atoms with van der Waals surface area (Å²) in [5.74, 6) is -1.28. The molecular weight excluding hydrogens is 308 g/mol. The molecule has 3 rings (SSSR count). The highest BCUT2D eigenvalue weighted by atomic mass is 19.1. The summed E-state index contributed by atoms with van der Waals surface area (Å²) in [6.07, 6.45) is 1.74. The highest BCUT2D eigenvalue weighted by Crippen LogP contribution is 2.23. The first-order chi connectivity index (χ1) is 11.7. The lowest BCUT2D eigenvalue weighted by atomic mass is 10.0. The van der Waals surface area contributed by atoms with Crippen LogP contribution >= 0.6 is 0 Å². The third-order valence-electron chi connectivity index (χ3n) is 4.37. The second-order valence-electron chi connectivity index (χ2n) is 6.10. The molecular formula is C19H19F2N3. The summed E-state index contributed by atoms with van der Waals surface area (Å²) < 4.78 is 27.6. The van der Waals surface area contributed by atoms with Crippen LogP contribution in [0.25, 0.3) is 0 Å². The number of nitrogens with one attached hydrogen (secondary N) is 1. The first-order valence-corrected chi connectivity index (χ1v) is 8.07. The molecule has 0 aromatic heterocycles. The van der Waals surface area contributed by atoms with Crippen molar-refractivity contribution in [2.45, 2.75) is 25.4 Å². The summed E-state index contributed by atoms with van der Waals surface area (Å²) in [6, 6.07) is 14.1. The summed E-state index contributed by atoms with van der Waals surface area (Å²) in [5, 5.41) is 11.8. The molecule has 1 heterocycles. The van der Waals surface area contributed by atoms with Gasteiger partial charge in [0.1, 0.15) is 17.7 Å². The lowest BCUT2D eigenvalue weighted by Gasteiger charge is -2.33. The average molecular weight is 327 g/mol. The van der Waals surface area contributed by atoms with Gasteiger partial charge in [-0.05, 0) is 24.5 Å². The standard InChI is InChI=1S/C19H19F2N3/c20-17-11-19(18(21)10-15(17)12-22)23-16-6-8-24(9-7-16)13-14-4-2-1-3-5-14/h1-5,10-11,16,23H,6-9,13H2. The number of rotatable bonds is 4. The molecule has 0 amide bonds. The zero-order valence-corrected chi connectivity index (χ0v) is 13.3. The summed E-state index contributed by atoms with van der Waals surface area (Å²) in [4.78, 5) is 2.36. The predicted octanol–water partition coefficient (Wildman–Crippen LogP) is 3.91. The molecule has 0 radical (unpaired) electrons. The van der Waals surface area contributed by atoms with Gasteiger partial charge in [-0.15, -0.1) is 0 Å². The normalized spacial score (nSPS) is 15.9. The second-order valence-corrected chi connectivity index (χ2v) is 6.10. The molecule has 2 aromatic rings. The molecule has 5 heteroatoms. The fraction of sp³-hybridized carbons (Fsp3) is 0.316. The summed E-state index contributed by atoms with van der Waals surface area (Å²) in [5.41, 5.74) is 1.15. The first kappa shape index (κ1) is 16.4. The van der Waals surface area contributed by atoms with E-state index >= 15 is 0 Å². The van der Waals surface area contributed by atoms with Crippen molar-refractivity contribution in [1.29, 1.82) is 5.26 Å². The van der Waals surface area contributed by atoms with Crippen molar-refractivity contribution < 1.29 is 8.78 Å². The average Bonchev–Trinajstić information content (AvgIpc) is 2.60. The largest absolute Gasteiger partial charge is 0.380 e. The van der Waals surface area contributed by atoms with Crippen LogP contribution in [0, 0.1) is 23.0 Å². The Morgan fingerprint density at radius 2 is 1.79 bits per heavy atom. The van der Waals surface area contributed by atoms with Gasteiger partial charge in [0.15, 0.2) is 0 Å². The summed E-state index contributed by atoms with van der Waals surface area (Å²) in [6.45, 7) is 2.73. The SMILES string of the molecule is N#Cc1cc(F)c(NC2CCN(Cc3ccccc3)CC2)cc1F. The zero-order chi connectivity index (χ0) is 16.9. The Labute approximate surface area is 140 Å². The smallest absolute Gasteiger partial charge is 0.147 e. The van der Waals surface area contributed by atoms with Gasteiger partial charge in [-0.1, -0.05) is 30.3 Å². The molecule has 0 atom stereocenters. The maximum Gasteiger partial charge on any atom is 0.147 e. The molecule has 1 aliphatic rings. The van der Waals surface area contributed by atoms with Crippen LogP contribution in [-0.4, -0.2) is 24.0 Å². The Hall–Kier alpha value is -2.45. The van der Waals surface area contributed by atoms with Crippen LogP contribution in [0.3, 0.4) is 0 Å². The van der Waals surface area contributed by atoms with Crippen LogP contribution in [0.15, 0.2) is 42.5 Å². The molecule has 24 heavy (non-hydrogen) atoms. The number of hydrogen-bond acceptors (Lipinski definition) is 3. The van der Waals surface area contributed by atoms with Crippen LogP contribution in [0.4, 0.5) is 14.5 Å². The Kier molecular flexibility index (Phi) is 5.07. The Morgan fingerprint density at radius 1 is 1.08 bits per heavy atom. The van der Waals surface area contributed by atoms with Crippen molar-refractivity contribution in [1.82, 2.24) is 4.90 Å². The van der Waals surface area contributed by atoms with Crippen molar-refractivity contribution in [2.75, 3.05) is 18.4 Å². The van der Waals surface area contributed by atoms with Gasteiger partial charge >= 0.3 is 0 Å². The van der Waals surface area contributed by atoms with Gasteiger partial charge in [-0.2, -0.15) is 5.26 Å². The van der Waals surface area contributed by atoms with E-state index in [1.807, 2.05) is 18.2 Å². The number of benzene rings is 2. The Bertz CT molecular complexity index is 732. The monoisotopic (exact) mass is 327 g/mol.